The Morgan fingerprint density at radius 1 is 1.17 bits per heavy atom. The van der Waals surface area contributed by atoms with Gasteiger partial charge in [-0.1, -0.05) is 41.9 Å². The third-order valence-corrected chi connectivity index (χ3v) is 6.65. The lowest BCUT2D eigenvalue weighted by Crippen LogP contribution is -2.51. The molecule has 2 aliphatic rings. The Balaban J connectivity index is 0.00000300. The van der Waals surface area contributed by atoms with Gasteiger partial charge in [0.1, 0.15) is 0 Å². The highest BCUT2D eigenvalue weighted by atomic mass is 127. The van der Waals surface area contributed by atoms with Crippen LogP contribution in [0.5, 0.6) is 0 Å². The predicted molar refractivity (Wildman–Crippen MR) is 134 cm³/mol. The molecule has 1 aliphatic heterocycles. The summed E-state index contributed by atoms with van der Waals surface area (Å²) in [6.07, 6.45) is 4.97. The molecule has 2 fully saturated rings. The van der Waals surface area contributed by atoms with Gasteiger partial charge in [0, 0.05) is 48.5 Å². The zero-order valence-electron chi connectivity index (χ0n) is 17.7. The van der Waals surface area contributed by atoms with Crippen LogP contribution < -0.4 is 10.6 Å². The number of halogens is 2. The summed E-state index contributed by atoms with van der Waals surface area (Å²) in [5, 5.41) is 7.14. The first kappa shape index (κ1) is 24.4. The topological polar surface area (TPSA) is 56.7 Å². The number of carbonyl (C=O) groups excluding carboxylic acids is 1. The quantitative estimate of drug-likeness (QED) is 0.297. The minimum absolute atomic E-state index is 0. The molecule has 2 atom stereocenters. The molecule has 7 heteroatoms. The average molecular weight is 577 g/mol. The van der Waals surface area contributed by atoms with Gasteiger partial charge in [-0.25, -0.2) is 0 Å². The molecule has 2 N–H and O–H groups in total. The van der Waals surface area contributed by atoms with E-state index in [-0.39, 0.29) is 29.9 Å². The van der Waals surface area contributed by atoms with Crippen LogP contribution in [-0.2, 0) is 4.79 Å². The molecule has 1 saturated carbocycles. The number of benzene rings is 1. The Kier molecular flexibility index (Phi) is 9.72. The second-order valence-electron chi connectivity index (χ2n) is 7.97. The molecule has 0 spiro atoms. The summed E-state index contributed by atoms with van der Waals surface area (Å²) in [4.78, 5) is 19.0. The van der Waals surface area contributed by atoms with Crippen molar-refractivity contribution < 1.29 is 4.79 Å². The molecule has 162 valence electrons. The molecule has 0 radical (unpaired) electrons. The maximum Gasteiger partial charge on any atom is 0.225 e. The number of likely N-dealkylation sites (tertiary alicyclic amines) is 1. The van der Waals surface area contributed by atoms with Crippen LogP contribution in [0, 0.1) is 5.92 Å². The summed E-state index contributed by atoms with van der Waals surface area (Å²) in [6, 6.07) is 9.42. The van der Waals surface area contributed by atoms with E-state index in [4.69, 9.17) is 0 Å². The maximum atomic E-state index is 12.6. The zero-order chi connectivity index (χ0) is 20.1. The molecule has 1 aliphatic carbocycles. The van der Waals surface area contributed by atoms with E-state index in [1.807, 2.05) is 7.05 Å². The Morgan fingerprint density at radius 3 is 2.34 bits per heavy atom. The summed E-state index contributed by atoms with van der Waals surface area (Å²) in [7, 11) is 1.83. The lowest BCUT2D eigenvalue weighted by atomic mass is 9.98. The summed E-state index contributed by atoms with van der Waals surface area (Å²) in [5.41, 5.74) is 1.38. The second-order valence-corrected chi connectivity index (χ2v) is 8.89. The fraction of sp³-hybridized carbons (Fsp3) is 0.636. The van der Waals surface area contributed by atoms with Gasteiger partial charge < -0.3 is 15.5 Å². The van der Waals surface area contributed by atoms with Crippen molar-refractivity contribution in [1.82, 2.24) is 15.5 Å². The summed E-state index contributed by atoms with van der Waals surface area (Å²) >= 11 is 3.50. The first-order chi connectivity index (χ1) is 13.5. The highest BCUT2D eigenvalue weighted by Gasteiger charge is 2.39. The van der Waals surface area contributed by atoms with Crippen molar-refractivity contribution in [2.24, 2.45) is 10.9 Å². The first-order valence-electron chi connectivity index (χ1n) is 10.6. The van der Waals surface area contributed by atoms with Crippen LogP contribution in [0.2, 0.25) is 0 Å². The van der Waals surface area contributed by atoms with E-state index in [0.717, 1.165) is 55.6 Å². The SMILES string of the molecule is CCC(CC)C(=O)N1CCC(NC(=NC)NC2CC2c2ccc(Br)cc2)CC1.I. The van der Waals surface area contributed by atoms with Crippen LogP contribution in [0.25, 0.3) is 0 Å². The summed E-state index contributed by atoms with van der Waals surface area (Å²) in [5.74, 6) is 1.96. The van der Waals surface area contributed by atoms with Gasteiger partial charge >= 0.3 is 0 Å². The average Bonchev–Trinajstić information content (AvgIpc) is 3.48. The predicted octanol–water partition coefficient (Wildman–Crippen LogP) is 4.52. The van der Waals surface area contributed by atoms with Gasteiger partial charge in [0.2, 0.25) is 5.91 Å². The van der Waals surface area contributed by atoms with E-state index in [0.29, 0.717) is 23.9 Å². The van der Waals surface area contributed by atoms with Crippen LogP contribution >= 0.6 is 39.9 Å². The molecule has 3 rings (SSSR count). The van der Waals surface area contributed by atoms with Crippen LogP contribution in [0.4, 0.5) is 0 Å². The number of nitrogens with one attached hydrogen (secondary N) is 2. The number of carbonyl (C=O) groups is 1. The van der Waals surface area contributed by atoms with Gasteiger partial charge in [-0.15, -0.1) is 24.0 Å². The molecule has 5 nitrogen and oxygen atoms in total. The number of nitrogens with zero attached hydrogens (tertiary/aromatic N) is 2. The van der Waals surface area contributed by atoms with Gasteiger partial charge in [0.25, 0.3) is 0 Å². The summed E-state index contributed by atoms with van der Waals surface area (Å²) < 4.78 is 1.12. The van der Waals surface area contributed by atoms with Gasteiger partial charge in [-0.05, 0) is 49.8 Å². The lowest BCUT2D eigenvalue weighted by Gasteiger charge is -2.35. The van der Waals surface area contributed by atoms with Gasteiger partial charge in [-0.3, -0.25) is 9.79 Å². The molecule has 0 aromatic heterocycles. The van der Waals surface area contributed by atoms with Crippen LogP contribution in [0.1, 0.15) is 57.4 Å². The second kappa shape index (κ2) is 11.5. The molecule has 29 heavy (non-hydrogen) atoms. The number of aliphatic imine (C=N–C) groups is 1. The monoisotopic (exact) mass is 576 g/mol. The van der Waals surface area contributed by atoms with E-state index < -0.39 is 0 Å². The highest BCUT2D eigenvalue weighted by Crippen LogP contribution is 2.41. The number of amides is 1. The van der Waals surface area contributed by atoms with Gasteiger partial charge in [-0.2, -0.15) is 0 Å². The molecule has 1 heterocycles. The molecular weight excluding hydrogens is 543 g/mol. The number of rotatable bonds is 6. The van der Waals surface area contributed by atoms with E-state index in [1.165, 1.54) is 5.56 Å². The third kappa shape index (κ3) is 6.57. The van der Waals surface area contributed by atoms with Crippen molar-refractivity contribution >= 4 is 51.8 Å². The maximum absolute atomic E-state index is 12.6. The standard InChI is InChI=1S/C22H33BrN4O.HI/c1-4-15(5-2)21(28)27-12-10-18(11-13-27)25-22(24-3)26-20-14-19(20)16-6-8-17(23)9-7-16;/h6-9,15,18-20H,4-5,10-14H2,1-3H3,(H2,24,25,26);1H. The normalized spacial score (nSPS) is 22.2. The number of piperidine rings is 1. The van der Waals surface area contributed by atoms with Crippen LogP contribution in [-0.4, -0.2) is 49.0 Å². The van der Waals surface area contributed by atoms with Crippen molar-refractivity contribution in [3.05, 3.63) is 34.3 Å². The minimum atomic E-state index is 0. The molecule has 1 saturated heterocycles. The Bertz CT molecular complexity index is 685. The van der Waals surface area contributed by atoms with E-state index in [1.54, 1.807) is 0 Å². The number of hydrogen-bond acceptors (Lipinski definition) is 2. The van der Waals surface area contributed by atoms with Crippen molar-refractivity contribution in [2.75, 3.05) is 20.1 Å². The molecular formula is C22H34BrIN4O. The fourth-order valence-corrected chi connectivity index (χ4v) is 4.38. The van der Waals surface area contributed by atoms with Gasteiger partial charge in [0.15, 0.2) is 5.96 Å². The molecule has 1 aromatic carbocycles. The molecule has 1 aromatic rings. The Morgan fingerprint density at radius 2 is 1.79 bits per heavy atom. The molecule has 2 unspecified atom stereocenters. The van der Waals surface area contributed by atoms with Crippen molar-refractivity contribution in [3.63, 3.8) is 0 Å². The Labute approximate surface area is 200 Å². The first-order valence-corrected chi connectivity index (χ1v) is 11.4. The van der Waals surface area contributed by atoms with Crippen LogP contribution in [0.3, 0.4) is 0 Å². The van der Waals surface area contributed by atoms with Crippen molar-refractivity contribution in [2.45, 2.75) is 64.0 Å². The van der Waals surface area contributed by atoms with Gasteiger partial charge in [0.05, 0.1) is 0 Å². The minimum Gasteiger partial charge on any atom is -0.354 e. The van der Waals surface area contributed by atoms with E-state index in [2.05, 4.69) is 74.6 Å². The fourth-order valence-electron chi connectivity index (χ4n) is 4.11. The molecule has 1 amide bonds. The highest BCUT2D eigenvalue weighted by molar-refractivity contribution is 14.0. The third-order valence-electron chi connectivity index (χ3n) is 6.12. The number of guanidine groups is 1. The zero-order valence-corrected chi connectivity index (χ0v) is 21.6. The largest absolute Gasteiger partial charge is 0.354 e. The smallest absolute Gasteiger partial charge is 0.225 e. The Hall–Kier alpha value is -0.830. The van der Waals surface area contributed by atoms with Crippen LogP contribution in [0.15, 0.2) is 33.7 Å². The lowest BCUT2D eigenvalue weighted by molar-refractivity contribution is -0.136. The molecule has 0 bridgehead atoms. The summed E-state index contributed by atoms with van der Waals surface area (Å²) in [6.45, 7) is 5.90. The van der Waals surface area contributed by atoms with E-state index in [9.17, 15) is 4.79 Å². The van der Waals surface area contributed by atoms with E-state index >= 15 is 0 Å². The van der Waals surface area contributed by atoms with Crippen molar-refractivity contribution in [3.8, 4) is 0 Å². The van der Waals surface area contributed by atoms with Crippen molar-refractivity contribution in [1.29, 1.82) is 0 Å². The number of hydrogen-bond donors (Lipinski definition) is 2.